The van der Waals surface area contributed by atoms with E-state index in [1.807, 2.05) is 25.1 Å². The third-order valence-electron chi connectivity index (χ3n) is 2.19. The number of hydrogen-bond donors (Lipinski definition) is 0. The molecule has 0 amide bonds. The number of halogens is 2. The summed E-state index contributed by atoms with van der Waals surface area (Å²) in [5.41, 5.74) is 2.32. The van der Waals surface area contributed by atoms with Crippen molar-refractivity contribution in [3.63, 3.8) is 0 Å². The Labute approximate surface area is 111 Å². The van der Waals surface area contributed by atoms with E-state index in [1.165, 1.54) is 0 Å². The zero-order valence-corrected chi connectivity index (χ0v) is 11.8. The first kappa shape index (κ1) is 11.9. The minimum absolute atomic E-state index is 0.0275. The summed E-state index contributed by atoms with van der Waals surface area (Å²) in [5, 5.41) is 0.829. The van der Waals surface area contributed by atoms with Crippen LogP contribution in [0.15, 0.2) is 39.5 Å². The van der Waals surface area contributed by atoms with Gasteiger partial charge in [0.05, 0.1) is 6.61 Å². The van der Waals surface area contributed by atoms with Gasteiger partial charge in [-0.25, -0.2) is 0 Å². The van der Waals surface area contributed by atoms with Crippen LogP contribution in [0.4, 0.5) is 0 Å². The van der Waals surface area contributed by atoms with Crippen molar-refractivity contribution in [3.05, 3.63) is 45.0 Å². The fourth-order valence-corrected chi connectivity index (χ4v) is 3.88. The van der Waals surface area contributed by atoms with E-state index in [0.29, 0.717) is 6.61 Å². The summed E-state index contributed by atoms with van der Waals surface area (Å²) in [6.45, 7) is 2.68. The number of hydrogen-bond acceptors (Lipinski definition) is 1. The van der Waals surface area contributed by atoms with Crippen molar-refractivity contribution in [1.29, 1.82) is 0 Å². The van der Waals surface area contributed by atoms with Crippen LogP contribution in [0.25, 0.3) is 5.57 Å². The summed E-state index contributed by atoms with van der Waals surface area (Å²) < 4.78 is 9.82. The van der Waals surface area contributed by atoms with Crippen molar-refractivity contribution < 1.29 is 4.74 Å². The van der Waals surface area contributed by atoms with Crippen molar-refractivity contribution in [2.75, 3.05) is 6.61 Å². The maximum Gasteiger partial charge on any atom is 0.119 e. The van der Waals surface area contributed by atoms with Crippen LogP contribution in [0.3, 0.4) is 0 Å². The highest BCUT2D eigenvalue weighted by atomic mass is 127. The first-order valence-corrected chi connectivity index (χ1v) is 7.93. The molecule has 0 spiro atoms. The van der Waals surface area contributed by atoms with Gasteiger partial charge in [-0.1, -0.05) is 44.5 Å². The predicted molar refractivity (Wildman–Crippen MR) is 79.6 cm³/mol. The topological polar surface area (TPSA) is 9.23 Å². The van der Waals surface area contributed by atoms with Gasteiger partial charge < -0.3 is 4.74 Å². The number of allylic oxidation sites excluding steroid dienone is 3. The molecular formula is C13H12ClIO. The van der Waals surface area contributed by atoms with Crippen molar-refractivity contribution in [1.82, 2.24) is 0 Å². The van der Waals surface area contributed by atoms with Crippen LogP contribution < -0.4 is 4.74 Å². The molecule has 0 aromatic heterocycles. The highest BCUT2D eigenvalue weighted by Gasteiger charge is 2.05. The monoisotopic (exact) mass is 346 g/mol. The second-order valence-electron chi connectivity index (χ2n) is 3.25. The molecule has 1 aromatic carbocycles. The van der Waals surface area contributed by atoms with E-state index >= 15 is 0 Å². The molecule has 0 atom stereocenters. The minimum Gasteiger partial charge on any atom is -0.494 e. The summed E-state index contributed by atoms with van der Waals surface area (Å²) >= 11 is 6.19. The van der Waals surface area contributed by atoms with Crippen LogP contribution in [-0.2, 0) is 0 Å². The van der Waals surface area contributed by atoms with E-state index in [0.717, 1.165) is 21.9 Å². The fraction of sp³-hybridized carbons (Fsp3) is 0.154. The van der Waals surface area contributed by atoms with Crippen LogP contribution in [-0.4, -0.2) is 10.6 Å². The molecule has 0 bridgehead atoms. The fourth-order valence-electron chi connectivity index (χ4n) is 1.43. The summed E-state index contributed by atoms with van der Waals surface area (Å²) in [5.74, 6) is 0.907. The standard InChI is InChI=1S/C13H12ClIO/c1-2-16-11-5-3-10(4-6-11)12-9-15-8-7-13(12)14/h3-9H,2H2,1H3. The second kappa shape index (κ2) is 5.64. The van der Waals surface area contributed by atoms with Crippen LogP contribution in [0.1, 0.15) is 12.5 Å². The second-order valence-corrected chi connectivity index (χ2v) is 5.72. The molecule has 1 aliphatic heterocycles. The lowest BCUT2D eigenvalue weighted by atomic mass is 10.1. The molecule has 0 N–H and O–H groups in total. The Bertz CT molecular complexity index is 457. The summed E-state index contributed by atoms with van der Waals surface area (Å²) in [7, 11) is 0. The van der Waals surface area contributed by atoms with Crippen LogP contribution >= 0.6 is 32.3 Å². The van der Waals surface area contributed by atoms with Gasteiger partial charge in [0, 0.05) is 10.6 Å². The van der Waals surface area contributed by atoms with Gasteiger partial charge in [-0.15, -0.1) is 0 Å². The zero-order valence-electron chi connectivity index (χ0n) is 8.91. The van der Waals surface area contributed by atoms with Crippen molar-refractivity contribution >= 4 is 41.9 Å². The van der Waals surface area contributed by atoms with Gasteiger partial charge in [0.15, 0.2) is 0 Å². The summed E-state index contributed by atoms with van der Waals surface area (Å²) in [6.07, 6.45) is 2.00. The van der Waals surface area contributed by atoms with E-state index < -0.39 is 0 Å². The number of ether oxygens (including phenoxy) is 1. The van der Waals surface area contributed by atoms with Gasteiger partial charge in [0.25, 0.3) is 0 Å². The van der Waals surface area contributed by atoms with Gasteiger partial charge in [0.2, 0.25) is 0 Å². The molecule has 3 heteroatoms. The highest BCUT2D eigenvalue weighted by molar-refractivity contribution is 14.2. The molecule has 1 aliphatic rings. The maximum absolute atomic E-state index is 6.17. The zero-order chi connectivity index (χ0) is 11.4. The molecule has 0 saturated heterocycles. The van der Waals surface area contributed by atoms with E-state index in [9.17, 15) is 0 Å². The lowest BCUT2D eigenvalue weighted by molar-refractivity contribution is 0.340. The van der Waals surface area contributed by atoms with Gasteiger partial charge in [-0.3, -0.25) is 0 Å². The first-order valence-electron chi connectivity index (χ1n) is 5.06. The first-order chi connectivity index (χ1) is 7.81. The van der Waals surface area contributed by atoms with Crippen molar-refractivity contribution in [2.45, 2.75) is 6.92 Å². The average Bonchev–Trinajstić information content (AvgIpc) is 2.31. The van der Waals surface area contributed by atoms with E-state index in [1.54, 1.807) is 0 Å². The Kier molecular flexibility index (Phi) is 4.18. The molecule has 1 aromatic rings. The molecule has 16 heavy (non-hydrogen) atoms. The van der Waals surface area contributed by atoms with Crippen molar-refractivity contribution in [2.24, 2.45) is 0 Å². The lowest BCUT2D eigenvalue weighted by Gasteiger charge is -2.08. The quantitative estimate of drug-likeness (QED) is 0.740. The molecule has 0 fully saturated rings. The Hall–Kier alpha value is -0.610. The Morgan fingerprint density at radius 3 is 2.62 bits per heavy atom. The van der Waals surface area contributed by atoms with Crippen LogP contribution in [0.5, 0.6) is 5.75 Å². The third-order valence-corrected chi connectivity index (χ3v) is 4.27. The van der Waals surface area contributed by atoms with Gasteiger partial charge in [0.1, 0.15) is 5.75 Å². The molecule has 0 aliphatic carbocycles. The molecule has 1 nitrogen and oxygen atoms in total. The Balaban J connectivity index is 2.28. The molecule has 2 rings (SSSR count). The van der Waals surface area contributed by atoms with Gasteiger partial charge >= 0.3 is 0 Å². The number of benzene rings is 1. The molecule has 0 unspecified atom stereocenters. The lowest BCUT2D eigenvalue weighted by Crippen LogP contribution is -1.93. The Morgan fingerprint density at radius 2 is 2.00 bits per heavy atom. The van der Waals surface area contributed by atoms with Crippen LogP contribution in [0, 0.1) is 0 Å². The molecule has 84 valence electrons. The van der Waals surface area contributed by atoms with E-state index in [2.05, 4.69) is 20.2 Å². The molecular weight excluding hydrogens is 334 g/mol. The number of rotatable bonds is 3. The third kappa shape index (κ3) is 2.74. The SMILES string of the molecule is CCOc1ccc(C2=C(Cl)C=CI=C2)cc1. The molecule has 1 heterocycles. The van der Waals surface area contributed by atoms with Gasteiger partial charge in [-0.05, 0) is 38.8 Å². The molecule has 0 radical (unpaired) electrons. The van der Waals surface area contributed by atoms with Crippen LogP contribution in [0.2, 0.25) is 0 Å². The molecule has 0 saturated carbocycles. The Morgan fingerprint density at radius 1 is 1.25 bits per heavy atom. The van der Waals surface area contributed by atoms with Crippen molar-refractivity contribution in [3.8, 4) is 5.75 Å². The van der Waals surface area contributed by atoms with E-state index in [-0.39, 0.29) is 20.7 Å². The summed E-state index contributed by atoms with van der Waals surface area (Å²) in [6, 6.07) is 8.09. The normalized spacial score (nSPS) is 14.9. The predicted octanol–water partition coefficient (Wildman–Crippen LogP) is 4.34. The van der Waals surface area contributed by atoms with Gasteiger partial charge in [-0.2, -0.15) is 0 Å². The maximum atomic E-state index is 6.17. The largest absolute Gasteiger partial charge is 0.494 e. The smallest absolute Gasteiger partial charge is 0.119 e. The average molecular weight is 347 g/mol. The highest BCUT2D eigenvalue weighted by Crippen LogP contribution is 2.28. The van der Waals surface area contributed by atoms with E-state index in [4.69, 9.17) is 16.3 Å². The minimum atomic E-state index is 0.0275. The summed E-state index contributed by atoms with van der Waals surface area (Å²) in [4.78, 5) is 0.